The standard InChI is InChI=1S/C6H7N3O/c10-9-4-3-8-2-1-7-5-6(8)9/h1-5,7,10H. The van der Waals surface area contributed by atoms with Crippen molar-refractivity contribution in [2.24, 2.45) is 0 Å². The Hall–Kier alpha value is -1.42. The van der Waals surface area contributed by atoms with E-state index in [1.54, 1.807) is 29.7 Å². The topological polar surface area (TPSA) is 38.7 Å². The molecule has 0 aromatic heterocycles. The SMILES string of the molecule is ON1C=CN2C=CNC=C12. The summed E-state index contributed by atoms with van der Waals surface area (Å²) in [6.45, 7) is 0. The van der Waals surface area contributed by atoms with Gasteiger partial charge in [-0.05, 0) is 0 Å². The van der Waals surface area contributed by atoms with Gasteiger partial charge in [-0.15, -0.1) is 0 Å². The lowest BCUT2D eigenvalue weighted by molar-refractivity contribution is -0.0112. The molecule has 10 heavy (non-hydrogen) atoms. The summed E-state index contributed by atoms with van der Waals surface area (Å²) >= 11 is 0. The summed E-state index contributed by atoms with van der Waals surface area (Å²) < 4.78 is 0. The molecule has 2 N–H and O–H groups in total. The Bertz CT molecular complexity index is 231. The first-order chi connectivity index (χ1) is 4.88. The van der Waals surface area contributed by atoms with Crippen molar-refractivity contribution in [2.75, 3.05) is 0 Å². The minimum Gasteiger partial charge on any atom is -0.363 e. The van der Waals surface area contributed by atoms with E-state index in [-0.39, 0.29) is 0 Å². The molecule has 0 amide bonds. The molecule has 2 aliphatic rings. The van der Waals surface area contributed by atoms with Crippen molar-refractivity contribution in [3.05, 3.63) is 36.8 Å². The van der Waals surface area contributed by atoms with Crippen LogP contribution in [-0.4, -0.2) is 15.2 Å². The molecule has 0 aliphatic carbocycles. The van der Waals surface area contributed by atoms with E-state index in [9.17, 15) is 0 Å². The van der Waals surface area contributed by atoms with E-state index >= 15 is 0 Å². The molecule has 0 radical (unpaired) electrons. The first kappa shape index (κ1) is 5.37. The van der Waals surface area contributed by atoms with E-state index < -0.39 is 0 Å². The van der Waals surface area contributed by atoms with E-state index in [1.165, 1.54) is 0 Å². The van der Waals surface area contributed by atoms with Crippen LogP contribution in [0.1, 0.15) is 0 Å². The number of nitrogens with one attached hydrogen (secondary N) is 1. The fourth-order valence-corrected chi connectivity index (χ4v) is 0.919. The molecule has 0 spiro atoms. The van der Waals surface area contributed by atoms with E-state index in [0.717, 1.165) is 5.06 Å². The summed E-state index contributed by atoms with van der Waals surface area (Å²) in [7, 11) is 0. The molecule has 2 heterocycles. The maximum atomic E-state index is 9.09. The molecule has 52 valence electrons. The number of fused-ring (bicyclic) bond motifs is 1. The van der Waals surface area contributed by atoms with Gasteiger partial charge < -0.3 is 10.2 Å². The lowest BCUT2D eigenvalue weighted by atomic mass is 10.5. The van der Waals surface area contributed by atoms with E-state index in [1.807, 2.05) is 6.20 Å². The van der Waals surface area contributed by atoms with Gasteiger partial charge in [-0.1, -0.05) is 0 Å². The van der Waals surface area contributed by atoms with Crippen molar-refractivity contribution in [2.45, 2.75) is 0 Å². The highest BCUT2D eigenvalue weighted by atomic mass is 16.5. The summed E-state index contributed by atoms with van der Waals surface area (Å²) in [5, 5.41) is 13.0. The normalized spacial score (nSPS) is 20.7. The van der Waals surface area contributed by atoms with Gasteiger partial charge in [0.05, 0.1) is 6.20 Å². The summed E-state index contributed by atoms with van der Waals surface area (Å²) in [5.41, 5.74) is 0. The fraction of sp³-hybridized carbons (Fsp3) is 0. The monoisotopic (exact) mass is 137 g/mol. The van der Waals surface area contributed by atoms with Crippen LogP contribution in [0.4, 0.5) is 0 Å². The largest absolute Gasteiger partial charge is 0.363 e. The van der Waals surface area contributed by atoms with Gasteiger partial charge in [-0.2, -0.15) is 0 Å². The molecule has 4 heteroatoms. The third kappa shape index (κ3) is 0.593. The molecular weight excluding hydrogens is 130 g/mol. The van der Waals surface area contributed by atoms with Gasteiger partial charge in [0.15, 0.2) is 5.82 Å². The predicted molar refractivity (Wildman–Crippen MR) is 35.0 cm³/mol. The van der Waals surface area contributed by atoms with Crippen molar-refractivity contribution in [1.29, 1.82) is 0 Å². The minimum absolute atomic E-state index is 0.711. The van der Waals surface area contributed by atoms with Gasteiger partial charge in [-0.25, -0.2) is 5.06 Å². The molecule has 4 nitrogen and oxygen atoms in total. The van der Waals surface area contributed by atoms with Gasteiger partial charge in [0.1, 0.15) is 0 Å². The van der Waals surface area contributed by atoms with Gasteiger partial charge in [0.25, 0.3) is 0 Å². The molecule has 2 aliphatic heterocycles. The van der Waals surface area contributed by atoms with Gasteiger partial charge in [0.2, 0.25) is 0 Å². The van der Waals surface area contributed by atoms with Crippen LogP contribution < -0.4 is 5.32 Å². The second kappa shape index (κ2) is 1.78. The molecule has 0 aromatic carbocycles. The van der Waals surface area contributed by atoms with Crippen LogP contribution >= 0.6 is 0 Å². The van der Waals surface area contributed by atoms with Gasteiger partial charge in [-0.3, -0.25) is 5.21 Å². The number of nitrogens with zero attached hydrogens (tertiary/aromatic N) is 2. The molecular formula is C6H7N3O. The Labute approximate surface area is 58.3 Å². The average molecular weight is 137 g/mol. The maximum absolute atomic E-state index is 9.09. The van der Waals surface area contributed by atoms with Crippen molar-refractivity contribution in [3.8, 4) is 0 Å². The first-order valence-corrected chi connectivity index (χ1v) is 2.95. The van der Waals surface area contributed by atoms with Crippen LogP contribution in [0.2, 0.25) is 0 Å². The van der Waals surface area contributed by atoms with E-state index in [4.69, 9.17) is 5.21 Å². The molecule has 2 rings (SSSR count). The molecule has 0 bridgehead atoms. The van der Waals surface area contributed by atoms with Crippen LogP contribution in [0, 0.1) is 0 Å². The van der Waals surface area contributed by atoms with Crippen molar-refractivity contribution in [1.82, 2.24) is 15.3 Å². The molecule has 0 unspecified atom stereocenters. The first-order valence-electron chi connectivity index (χ1n) is 2.95. The van der Waals surface area contributed by atoms with E-state index in [2.05, 4.69) is 5.32 Å². The lowest BCUT2D eigenvalue weighted by Crippen LogP contribution is -2.21. The molecule has 0 atom stereocenters. The Morgan fingerprint density at radius 1 is 1.30 bits per heavy atom. The maximum Gasteiger partial charge on any atom is 0.158 e. The van der Waals surface area contributed by atoms with E-state index in [0.29, 0.717) is 5.82 Å². The summed E-state index contributed by atoms with van der Waals surface area (Å²) in [4.78, 5) is 1.80. The minimum atomic E-state index is 0.711. The summed E-state index contributed by atoms with van der Waals surface area (Å²) in [6, 6.07) is 0. The van der Waals surface area contributed by atoms with Crippen LogP contribution in [-0.2, 0) is 0 Å². The third-order valence-electron chi connectivity index (χ3n) is 1.41. The van der Waals surface area contributed by atoms with Crippen molar-refractivity contribution < 1.29 is 5.21 Å². The van der Waals surface area contributed by atoms with Crippen LogP contribution in [0.25, 0.3) is 0 Å². The zero-order valence-corrected chi connectivity index (χ0v) is 5.23. The smallest absolute Gasteiger partial charge is 0.158 e. The zero-order valence-electron chi connectivity index (χ0n) is 5.23. The van der Waals surface area contributed by atoms with Crippen LogP contribution in [0.15, 0.2) is 36.8 Å². The number of hydrogen-bond donors (Lipinski definition) is 2. The quantitative estimate of drug-likeness (QED) is 0.505. The van der Waals surface area contributed by atoms with Crippen LogP contribution in [0.5, 0.6) is 0 Å². The molecule has 0 saturated carbocycles. The highest BCUT2D eigenvalue weighted by Gasteiger charge is 2.16. The fourth-order valence-electron chi connectivity index (χ4n) is 0.919. The molecule has 0 aromatic rings. The molecule has 0 saturated heterocycles. The Kier molecular flexibility index (Phi) is 0.956. The zero-order chi connectivity index (χ0) is 6.97. The summed E-state index contributed by atoms with van der Waals surface area (Å²) in [5.74, 6) is 0.711. The number of hydrogen-bond acceptors (Lipinski definition) is 4. The van der Waals surface area contributed by atoms with Gasteiger partial charge >= 0.3 is 0 Å². The Balaban J connectivity index is 2.30. The van der Waals surface area contributed by atoms with Gasteiger partial charge in [0, 0.05) is 24.8 Å². The highest BCUT2D eigenvalue weighted by molar-refractivity contribution is 5.18. The Morgan fingerprint density at radius 3 is 3.00 bits per heavy atom. The second-order valence-electron chi connectivity index (χ2n) is 2.03. The Morgan fingerprint density at radius 2 is 2.20 bits per heavy atom. The number of hydroxylamine groups is 2. The highest BCUT2D eigenvalue weighted by Crippen LogP contribution is 2.18. The lowest BCUT2D eigenvalue weighted by Gasteiger charge is -2.19. The van der Waals surface area contributed by atoms with Crippen molar-refractivity contribution >= 4 is 0 Å². The van der Waals surface area contributed by atoms with Crippen LogP contribution in [0.3, 0.4) is 0 Å². The third-order valence-corrected chi connectivity index (χ3v) is 1.41. The number of rotatable bonds is 0. The predicted octanol–water partition coefficient (Wildman–Crippen LogP) is 0.338. The second-order valence-corrected chi connectivity index (χ2v) is 2.03. The molecule has 0 fully saturated rings. The average Bonchev–Trinajstić information content (AvgIpc) is 2.34. The summed E-state index contributed by atoms with van der Waals surface area (Å²) in [6.07, 6.45) is 8.65. The van der Waals surface area contributed by atoms with Crippen molar-refractivity contribution in [3.63, 3.8) is 0 Å².